The molecule has 0 atom stereocenters. The van der Waals surface area contributed by atoms with E-state index in [9.17, 15) is 22.8 Å². The van der Waals surface area contributed by atoms with Crippen molar-refractivity contribution >= 4 is 11.9 Å². The first-order valence-corrected chi connectivity index (χ1v) is 9.21. The van der Waals surface area contributed by atoms with Gasteiger partial charge in [0.15, 0.2) is 0 Å². The van der Waals surface area contributed by atoms with Crippen molar-refractivity contribution < 1.29 is 22.8 Å². The monoisotopic (exact) mass is 385 g/mol. The predicted octanol–water partition coefficient (Wildman–Crippen LogP) is 3.64. The molecule has 27 heavy (non-hydrogen) atoms. The van der Waals surface area contributed by atoms with E-state index in [1.807, 2.05) is 4.90 Å². The molecule has 1 saturated heterocycles. The van der Waals surface area contributed by atoms with Gasteiger partial charge in [-0.1, -0.05) is 31.0 Å². The van der Waals surface area contributed by atoms with Crippen molar-refractivity contribution in [3.63, 3.8) is 0 Å². The molecule has 0 saturated carbocycles. The fourth-order valence-electron chi connectivity index (χ4n) is 3.15. The van der Waals surface area contributed by atoms with E-state index < -0.39 is 17.8 Å². The molecule has 0 aromatic heterocycles. The average molecular weight is 385 g/mol. The Morgan fingerprint density at radius 1 is 1.11 bits per heavy atom. The molecule has 1 N–H and O–H groups in total. The second-order valence-corrected chi connectivity index (χ2v) is 6.79. The number of amides is 3. The number of benzene rings is 1. The van der Waals surface area contributed by atoms with Crippen LogP contribution in [0.25, 0.3) is 0 Å². The zero-order valence-electron chi connectivity index (χ0n) is 15.5. The lowest BCUT2D eigenvalue weighted by molar-refractivity contribution is -0.138. The van der Waals surface area contributed by atoms with E-state index in [0.29, 0.717) is 0 Å². The third-order valence-electron chi connectivity index (χ3n) is 4.65. The molecule has 150 valence electrons. The van der Waals surface area contributed by atoms with Crippen molar-refractivity contribution in [1.29, 1.82) is 0 Å². The SMILES string of the molecule is CN(Cc1ccccc1C(F)(F)F)C(=O)NCCC(=O)N1CCCCCC1. The van der Waals surface area contributed by atoms with Gasteiger partial charge >= 0.3 is 12.2 Å². The van der Waals surface area contributed by atoms with Crippen LogP contribution >= 0.6 is 0 Å². The number of urea groups is 1. The second kappa shape index (κ2) is 9.62. The molecule has 0 aliphatic carbocycles. The molecule has 1 heterocycles. The molecule has 0 radical (unpaired) electrons. The van der Waals surface area contributed by atoms with Crippen LogP contribution in [-0.2, 0) is 17.5 Å². The van der Waals surface area contributed by atoms with Crippen molar-refractivity contribution in [2.75, 3.05) is 26.7 Å². The molecule has 1 aromatic rings. The standard InChI is InChI=1S/C19H26F3N3O2/c1-24(14-15-8-4-5-9-16(15)19(20,21)22)18(27)23-11-10-17(26)25-12-6-2-3-7-13-25/h4-5,8-9H,2-3,6-7,10-14H2,1H3,(H,23,27). The lowest BCUT2D eigenvalue weighted by Crippen LogP contribution is -2.40. The highest BCUT2D eigenvalue weighted by Crippen LogP contribution is 2.32. The summed E-state index contributed by atoms with van der Waals surface area (Å²) in [6.45, 7) is 1.50. The minimum Gasteiger partial charge on any atom is -0.343 e. The van der Waals surface area contributed by atoms with Crippen LogP contribution in [0, 0.1) is 0 Å². The summed E-state index contributed by atoms with van der Waals surface area (Å²) in [4.78, 5) is 27.3. The van der Waals surface area contributed by atoms with E-state index in [2.05, 4.69) is 5.32 Å². The summed E-state index contributed by atoms with van der Waals surface area (Å²) < 4.78 is 39.1. The molecule has 0 spiro atoms. The Bertz CT molecular complexity index is 641. The van der Waals surface area contributed by atoms with Crippen LogP contribution in [0.3, 0.4) is 0 Å². The number of hydrogen-bond donors (Lipinski definition) is 1. The fourth-order valence-corrected chi connectivity index (χ4v) is 3.15. The summed E-state index contributed by atoms with van der Waals surface area (Å²) in [5.74, 6) is 0.00210. The van der Waals surface area contributed by atoms with Gasteiger partial charge in [0.1, 0.15) is 0 Å². The Hall–Kier alpha value is -2.25. The number of halogens is 3. The molecular formula is C19H26F3N3O2. The molecule has 3 amide bonds. The summed E-state index contributed by atoms with van der Waals surface area (Å²) >= 11 is 0. The van der Waals surface area contributed by atoms with Crippen molar-refractivity contribution in [1.82, 2.24) is 15.1 Å². The van der Waals surface area contributed by atoms with E-state index in [4.69, 9.17) is 0 Å². The predicted molar refractivity (Wildman–Crippen MR) is 96.0 cm³/mol. The number of alkyl halides is 3. The minimum atomic E-state index is -4.46. The first-order chi connectivity index (χ1) is 12.8. The van der Waals surface area contributed by atoms with Gasteiger partial charge in [-0.15, -0.1) is 0 Å². The number of nitrogens with zero attached hydrogens (tertiary/aromatic N) is 2. The van der Waals surface area contributed by atoms with E-state index in [0.717, 1.165) is 44.8 Å². The second-order valence-electron chi connectivity index (χ2n) is 6.79. The molecule has 0 bridgehead atoms. The Morgan fingerprint density at radius 3 is 2.37 bits per heavy atom. The molecule has 1 fully saturated rings. The average Bonchev–Trinajstić information content (AvgIpc) is 2.90. The summed E-state index contributed by atoms with van der Waals surface area (Å²) in [5, 5.41) is 2.60. The highest BCUT2D eigenvalue weighted by molar-refractivity contribution is 5.78. The van der Waals surface area contributed by atoms with Crippen molar-refractivity contribution in [2.24, 2.45) is 0 Å². The third-order valence-corrected chi connectivity index (χ3v) is 4.65. The largest absolute Gasteiger partial charge is 0.416 e. The Kier molecular flexibility index (Phi) is 7.50. The van der Waals surface area contributed by atoms with Gasteiger partial charge in [-0.25, -0.2) is 4.79 Å². The Balaban J connectivity index is 1.81. The van der Waals surface area contributed by atoms with Gasteiger partial charge in [0.05, 0.1) is 5.56 Å². The summed E-state index contributed by atoms with van der Waals surface area (Å²) in [6.07, 6.45) is -0.0134. The lowest BCUT2D eigenvalue weighted by Gasteiger charge is -2.22. The van der Waals surface area contributed by atoms with Gasteiger partial charge in [-0.3, -0.25) is 4.79 Å². The first-order valence-electron chi connectivity index (χ1n) is 9.21. The molecule has 1 aliphatic rings. The lowest BCUT2D eigenvalue weighted by atomic mass is 10.1. The highest BCUT2D eigenvalue weighted by Gasteiger charge is 2.33. The van der Waals surface area contributed by atoms with Crippen LogP contribution in [0.4, 0.5) is 18.0 Å². The number of carbonyl (C=O) groups is 2. The molecule has 1 aromatic carbocycles. The van der Waals surface area contributed by atoms with Crippen LogP contribution in [-0.4, -0.2) is 48.4 Å². The fraction of sp³-hybridized carbons (Fsp3) is 0.579. The molecular weight excluding hydrogens is 359 g/mol. The number of carbonyl (C=O) groups excluding carboxylic acids is 2. The van der Waals surface area contributed by atoms with Crippen molar-refractivity contribution in [2.45, 2.75) is 44.8 Å². The molecule has 2 rings (SSSR count). The maximum atomic E-state index is 13.0. The molecule has 0 unspecified atom stereocenters. The van der Waals surface area contributed by atoms with Gasteiger partial charge < -0.3 is 15.1 Å². The van der Waals surface area contributed by atoms with Crippen LogP contribution in [0.15, 0.2) is 24.3 Å². The number of hydrogen-bond acceptors (Lipinski definition) is 2. The number of rotatable bonds is 5. The van der Waals surface area contributed by atoms with Gasteiger partial charge in [0.25, 0.3) is 0 Å². The zero-order valence-corrected chi connectivity index (χ0v) is 15.5. The summed E-state index contributed by atoms with van der Waals surface area (Å²) in [5.41, 5.74) is -0.718. The molecule has 5 nitrogen and oxygen atoms in total. The third kappa shape index (κ3) is 6.45. The van der Waals surface area contributed by atoms with E-state index in [1.165, 1.54) is 30.1 Å². The maximum absolute atomic E-state index is 13.0. The Labute approximate surface area is 157 Å². The van der Waals surface area contributed by atoms with Gasteiger partial charge in [-0.2, -0.15) is 13.2 Å². The molecule has 1 aliphatic heterocycles. The van der Waals surface area contributed by atoms with Crippen LogP contribution in [0.1, 0.15) is 43.2 Å². The zero-order chi connectivity index (χ0) is 19.9. The number of likely N-dealkylation sites (tertiary alicyclic amines) is 1. The van der Waals surface area contributed by atoms with Crippen LogP contribution < -0.4 is 5.32 Å². The van der Waals surface area contributed by atoms with Crippen molar-refractivity contribution in [3.8, 4) is 0 Å². The minimum absolute atomic E-state index is 0.00210. The summed E-state index contributed by atoms with van der Waals surface area (Å²) in [6, 6.07) is 4.68. The van der Waals surface area contributed by atoms with Gasteiger partial charge in [0, 0.05) is 39.6 Å². The number of nitrogens with one attached hydrogen (secondary N) is 1. The maximum Gasteiger partial charge on any atom is 0.416 e. The molecule has 8 heteroatoms. The first kappa shape index (κ1) is 21.1. The van der Waals surface area contributed by atoms with E-state index in [1.54, 1.807) is 0 Å². The highest BCUT2D eigenvalue weighted by atomic mass is 19.4. The van der Waals surface area contributed by atoms with E-state index >= 15 is 0 Å². The smallest absolute Gasteiger partial charge is 0.343 e. The topological polar surface area (TPSA) is 52.7 Å². The quantitative estimate of drug-likeness (QED) is 0.841. The van der Waals surface area contributed by atoms with Gasteiger partial charge in [0.2, 0.25) is 5.91 Å². The van der Waals surface area contributed by atoms with E-state index in [-0.39, 0.29) is 31.0 Å². The van der Waals surface area contributed by atoms with Crippen LogP contribution in [0.5, 0.6) is 0 Å². The Morgan fingerprint density at radius 2 is 1.74 bits per heavy atom. The normalized spacial score (nSPS) is 15.2. The summed E-state index contributed by atoms with van der Waals surface area (Å²) in [7, 11) is 1.43. The van der Waals surface area contributed by atoms with Gasteiger partial charge in [-0.05, 0) is 24.5 Å². The van der Waals surface area contributed by atoms with Crippen LogP contribution in [0.2, 0.25) is 0 Å². The van der Waals surface area contributed by atoms with Crippen molar-refractivity contribution in [3.05, 3.63) is 35.4 Å².